The highest BCUT2D eigenvalue weighted by atomic mass is 16.4. The Hall–Kier alpha value is -4.30. The van der Waals surface area contributed by atoms with Crippen molar-refractivity contribution < 1.29 is 19.5 Å². The molecule has 8 nitrogen and oxygen atoms in total. The molecule has 0 aliphatic carbocycles. The van der Waals surface area contributed by atoms with Crippen molar-refractivity contribution in [3.63, 3.8) is 0 Å². The van der Waals surface area contributed by atoms with Crippen LogP contribution in [0.1, 0.15) is 49.7 Å². The molecule has 1 atom stereocenters. The molecule has 2 amide bonds. The average Bonchev–Trinajstić information content (AvgIpc) is 3.23. The highest BCUT2D eigenvalue weighted by Gasteiger charge is 2.37. The minimum atomic E-state index is -1.05. The van der Waals surface area contributed by atoms with Crippen LogP contribution in [0, 0.1) is 6.92 Å². The summed E-state index contributed by atoms with van der Waals surface area (Å²) in [6.45, 7) is 3.37. The molecule has 0 radical (unpaired) electrons. The molecule has 0 bridgehead atoms. The normalized spacial score (nSPS) is 14.8. The Morgan fingerprint density at radius 1 is 0.921 bits per heavy atom. The number of aromatic carboxylic acids is 1. The number of carboxylic acids is 1. The van der Waals surface area contributed by atoms with E-state index in [0.29, 0.717) is 40.3 Å². The number of carboxylic acid groups (broad SMARTS) is 1. The van der Waals surface area contributed by atoms with E-state index in [2.05, 4.69) is 10.2 Å². The monoisotopic (exact) mass is 512 g/mol. The fourth-order valence-electron chi connectivity index (χ4n) is 4.67. The molecule has 3 aromatic carbocycles. The van der Waals surface area contributed by atoms with Gasteiger partial charge in [-0.1, -0.05) is 30.3 Å². The van der Waals surface area contributed by atoms with Crippen molar-refractivity contribution in [2.24, 2.45) is 4.99 Å². The molecule has 0 aromatic heterocycles. The topological polar surface area (TPSA) is 102 Å². The standard InChI is InChI=1S/C30H32N4O4/c1-19-17-22(30(37)38)18-24-25(19)26(28(35)32-24)27(20-9-6-5-7-10-20)31-23-13-11-21(12-14-23)29(36)34(4)16-8-15-33(2)3/h5-7,9-14,17-18,26H,8,15-16H2,1-4H3,(H,32,35)(H,37,38). The number of aryl methyl sites for hydroxylation is 1. The molecule has 0 spiro atoms. The summed E-state index contributed by atoms with van der Waals surface area (Å²) < 4.78 is 0. The lowest BCUT2D eigenvalue weighted by atomic mass is 9.87. The van der Waals surface area contributed by atoms with Gasteiger partial charge in [-0.05, 0) is 87.1 Å². The molecule has 2 N–H and O–H groups in total. The van der Waals surface area contributed by atoms with Gasteiger partial charge in [-0.15, -0.1) is 0 Å². The average molecular weight is 513 g/mol. The molecule has 4 rings (SSSR count). The molecule has 0 saturated heterocycles. The molecular weight excluding hydrogens is 480 g/mol. The molecule has 0 saturated carbocycles. The van der Waals surface area contributed by atoms with E-state index in [9.17, 15) is 19.5 Å². The van der Waals surface area contributed by atoms with Crippen LogP contribution in [0.3, 0.4) is 0 Å². The van der Waals surface area contributed by atoms with E-state index in [1.54, 1.807) is 49.2 Å². The van der Waals surface area contributed by atoms with Crippen molar-refractivity contribution in [1.82, 2.24) is 9.80 Å². The lowest BCUT2D eigenvalue weighted by Crippen LogP contribution is -2.29. The Bertz CT molecular complexity index is 1380. The minimum absolute atomic E-state index is 0.0588. The van der Waals surface area contributed by atoms with Crippen molar-refractivity contribution in [1.29, 1.82) is 0 Å². The quantitative estimate of drug-likeness (QED) is 0.409. The predicted octanol–water partition coefficient (Wildman–Crippen LogP) is 4.57. The smallest absolute Gasteiger partial charge is 0.335 e. The van der Waals surface area contributed by atoms with Gasteiger partial charge in [-0.2, -0.15) is 0 Å². The molecule has 38 heavy (non-hydrogen) atoms. The molecule has 8 heteroatoms. The van der Waals surface area contributed by atoms with Crippen molar-refractivity contribution >= 4 is 34.9 Å². The molecule has 0 fully saturated rings. The second-order valence-electron chi connectivity index (χ2n) is 9.78. The number of carbonyl (C=O) groups excluding carboxylic acids is 2. The third kappa shape index (κ3) is 5.81. The summed E-state index contributed by atoms with van der Waals surface area (Å²) in [6, 6.07) is 19.6. The van der Waals surface area contributed by atoms with Crippen LogP contribution in [0.2, 0.25) is 0 Å². The van der Waals surface area contributed by atoms with Gasteiger partial charge in [0.2, 0.25) is 5.91 Å². The van der Waals surface area contributed by atoms with E-state index in [1.165, 1.54) is 6.07 Å². The Labute approximate surface area is 222 Å². The van der Waals surface area contributed by atoms with E-state index in [4.69, 9.17) is 4.99 Å². The first kappa shape index (κ1) is 26.8. The second-order valence-corrected chi connectivity index (χ2v) is 9.78. The number of nitrogens with zero attached hydrogens (tertiary/aromatic N) is 3. The fraction of sp³-hybridized carbons (Fsp3) is 0.267. The van der Waals surface area contributed by atoms with Crippen LogP contribution in [0.4, 0.5) is 11.4 Å². The lowest BCUT2D eigenvalue weighted by molar-refractivity contribution is -0.115. The largest absolute Gasteiger partial charge is 0.478 e. The first-order valence-corrected chi connectivity index (χ1v) is 12.5. The van der Waals surface area contributed by atoms with Crippen LogP contribution >= 0.6 is 0 Å². The highest BCUT2D eigenvalue weighted by molar-refractivity contribution is 6.24. The van der Waals surface area contributed by atoms with Gasteiger partial charge in [0.25, 0.3) is 5.91 Å². The maximum absolute atomic E-state index is 13.2. The first-order chi connectivity index (χ1) is 18.2. The Kier molecular flexibility index (Phi) is 8.02. The number of hydrogen-bond donors (Lipinski definition) is 2. The summed E-state index contributed by atoms with van der Waals surface area (Å²) in [6.07, 6.45) is 0.885. The van der Waals surface area contributed by atoms with E-state index in [-0.39, 0.29) is 17.4 Å². The summed E-state index contributed by atoms with van der Waals surface area (Å²) in [7, 11) is 5.81. The van der Waals surface area contributed by atoms with Gasteiger partial charge in [0.15, 0.2) is 0 Å². The van der Waals surface area contributed by atoms with Gasteiger partial charge in [0, 0.05) is 24.8 Å². The number of carbonyl (C=O) groups is 3. The number of nitrogens with one attached hydrogen (secondary N) is 1. The van der Waals surface area contributed by atoms with Gasteiger partial charge in [0.05, 0.1) is 17.0 Å². The zero-order valence-corrected chi connectivity index (χ0v) is 22.1. The molecule has 1 aliphatic rings. The van der Waals surface area contributed by atoms with Crippen molar-refractivity contribution in [2.75, 3.05) is 39.5 Å². The summed E-state index contributed by atoms with van der Waals surface area (Å²) >= 11 is 0. The third-order valence-corrected chi connectivity index (χ3v) is 6.59. The maximum Gasteiger partial charge on any atom is 0.335 e. The number of benzene rings is 3. The summed E-state index contributed by atoms with van der Waals surface area (Å²) in [5, 5.41) is 12.3. The number of amides is 2. The van der Waals surface area contributed by atoms with Crippen molar-refractivity contribution in [3.05, 3.63) is 94.5 Å². The van der Waals surface area contributed by atoms with Crippen LogP contribution in [-0.4, -0.2) is 72.6 Å². The maximum atomic E-state index is 13.2. The van der Waals surface area contributed by atoms with E-state index in [0.717, 1.165) is 18.5 Å². The number of anilines is 1. The molecule has 196 valence electrons. The summed E-state index contributed by atoms with van der Waals surface area (Å²) in [5.41, 5.74) is 4.52. The SMILES string of the molecule is Cc1cc(C(=O)O)cc2c1C(C(=Nc1ccc(C(=O)N(C)CCCN(C)C)cc1)c1ccccc1)C(=O)N2. The minimum Gasteiger partial charge on any atom is -0.478 e. The number of rotatable bonds is 9. The van der Waals surface area contributed by atoms with Gasteiger partial charge in [0.1, 0.15) is 5.92 Å². The van der Waals surface area contributed by atoms with Gasteiger partial charge in [-0.25, -0.2) is 4.79 Å². The zero-order valence-electron chi connectivity index (χ0n) is 22.1. The van der Waals surface area contributed by atoms with Crippen LogP contribution in [0.5, 0.6) is 0 Å². The summed E-state index contributed by atoms with van der Waals surface area (Å²) in [5.74, 6) is -2.08. The second kappa shape index (κ2) is 11.4. The van der Waals surface area contributed by atoms with E-state index in [1.807, 2.05) is 44.4 Å². The van der Waals surface area contributed by atoms with Crippen LogP contribution in [0.15, 0.2) is 71.7 Å². The first-order valence-electron chi connectivity index (χ1n) is 12.5. The van der Waals surface area contributed by atoms with E-state index < -0.39 is 11.9 Å². The molecule has 1 heterocycles. The van der Waals surface area contributed by atoms with Gasteiger partial charge < -0.3 is 20.2 Å². The Morgan fingerprint density at radius 3 is 2.24 bits per heavy atom. The molecule has 1 aliphatic heterocycles. The third-order valence-electron chi connectivity index (χ3n) is 6.59. The Morgan fingerprint density at radius 2 is 1.61 bits per heavy atom. The Balaban J connectivity index is 1.67. The van der Waals surface area contributed by atoms with Crippen molar-refractivity contribution in [3.8, 4) is 0 Å². The van der Waals surface area contributed by atoms with Gasteiger partial charge in [-0.3, -0.25) is 14.6 Å². The highest BCUT2D eigenvalue weighted by Crippen LogP contribution is 2.39. The van der Waals surface area contributed by atoms with E-state index >= 15 is 0 Å². The van der Waals surface area contributed by atoms with Crippen molar-refractivity contribution in [2.45, 2.75) is 19.3 Å². The molecule has 1 unspecified atom stereocenters. The molecular formula is C30H32N4O4. The predicted molar refractivity (Wildman–Crippen MR) is 149 cm³/mol. The van der Waals surface area contributed by atoms with Crippen LogP contribution < -0.4 is 5.32 Å². The van der Waals surface area contributed by atoms with Gasteiger partial charge >= 0.3 is 5.97 Å². The van der Waals surface area contributed by atoms with Crippen LogP contribution in [0.25, 0.3) is 0 Å². The molecule has 3 aromatic rings. The number of aliphatic imine (C=N–C) groups is 1. The van der Waals surface area contributed by atoms with Crippen LogP contribution in [-0.2, 0) is 4.79 Å². The number of fused-ring (bicyclic) bond motifs is 1. The summed E-state index contributed by atoms with van der Waals surface area (Å²) in [4.78, 5) is 46.3. The zero-order chi connectivity index (χ0) is 27.4. The lowest BCUT2D eigenvalue weighted by Gasteiger charge is -2.19. The fourth-order valence-corrected chi connectivity index (χ4v) is 4.67. The number of hydrogen-bond acceptors (Lipinski definition) is 5.